The van der Waals surface area contributed by atoms with E-state index in [1.54, 1.807) is 6.07 Å². The predicted octanol–water partition coefficient (Wildman–Crippen LogP) is 5.73. The lowest BCUT2D eigenvalue weighted by Gasteiger charge is -2.15. The standard InChI is InChI=1S/C29H24ClNO5/c1-35-24(32)17-36-23-13-7-12-22-25(23)26(28(33)29(30)34)27(19-14-15-19)31(22)16-20-10-5-6-11-21(20)18-8-3-2-4-9-18/h2-13,19H,14-17H2,1H3. The number of halogens is 1. The third-order valence-electron chi connectivity index (χ3n) is 6.47. The number of hydrogen-bond donors (Lipinski definition) is 0. The molecule has 1 heterocycles. The lowest BCUT2D eigenvalue weighted by atomic mass is 9.99. The molecular weight excluding hydrogens is 478 g/mol. The number of hydrogen-bond acceptors (Lipinski definition) is 5. The first-order chi connectivity index (χ1) is 17.5. The van der Waals surface area contributed by atoms with Gasteiger partial charge in [0.25, 0.3) is 5.24 Å². The summed E-state index contributed by atoms with van der Waals surface area (Å²) in [5, 5.41) is -0.567. The molecule has 0 aliphatic heterocycles. The van der Waals surface area contributed by atoms with Crippen LogP contribution in [-0.2, 0) is 20.9 Å². The molecule has 0 N–H and O–H groups in total. The molecule has 7 heteroatoms. The van der Waals surface area contributed by atoms with Crippen molar-refractivity contribution in [3.05, 3.63) is 89.6 Å². The van der Waals surface area contributed by atoms with Crippen LogP contribution in [0.25, 0.3) is 22.0 Å². The van der Waals surface area contributed by atoms with Gasteiger partial charge in [-0.25, -0.2) is 4.79 Å². The van der Waals surface area contributed by atoms with Crippen LogP contribution in [0.2, 0.25) is 0 Å². The van der Waals surface area contributed by atoms with Crippen LogP contribution >= 0.6 is 11.6 Å². The SMILES string of the molecule is COC(=O)COc1cccc2c1c(C(=O)C(=O)Cl)c(C1CC1)n2Cc1ccccc1-c1ccccc1. The number of Topliss-reactive ketones (excluding diaryl/α,β-unsaturated/α-hetero) is 1. The van der Waals surface area contributed by atoms with Crippen molar-refractivity contribution >= 4 is 39.5 Å². The van der Waals surface area contributed by atoms with Crippen molar-refractivity contribution in [3.8, 4) is 16.9 Å². The fourth-order valence-electron chi connectivity index (χ4n) is 4.71. The van der Waals surface area contributed by atoms with E-state index in [4.69, 9.17) is 21.1 Å². The summed E-state index contributed by atoms with van der Waals surface area (Å²) in [6.45, 7) is 0.163. The Hall–Kier alpha value is -3.90. The average molecular weight is 502 g/mol. The molecule has 0 atom stereocenters. The monoisotopic (exact) mass is 501 g/mol. The normalized spacial score (nSPS) is 12.9. The maximum Gasteiger partial charge on any atom is 0.343 e. The summed E-state index contributed by atoms with van der Waals surface area (Å²) in [5.74, 6) is -0.861. The summed E-state index contributed by atoms with van der Waals surface area (Å²) in [6.07, 6.45) is 1.82. The number of fused-ring (bicyclic) bond motifs is 1. The molecular formula is C29H24ClNO5. The van der Waals surface area contributed by atoms with E-state index in [1.807, 2.05) is 42.5 Å². The van der Waals surface area contributed by atoms with Crippen LogP contribution < -0.4 is 4.74 Å². The van der Waals surface area contributed by atoms with E-state index in [0.717, 1.165) is 40.7 Å². The zero-order valence-electron chi connectivity index (χ0n) is 19.7. The molecule has 0 saturated heterocycles. The minimum atomic E-state index is -1.05. The number of aromatic nitrogens is 1. The highest BCUT2D eigenvalue weighted by atomic mass is 35.5. The zero-order chi connectivity index (χ0) is 25.2. The molecule has 182 valence electrons. The Morgan fingerprint density at radius 1 is 0.944 bits per heavy atom. The third kappa shape index (κ3) is 4.52. The molecule has 3 aromatic carbocycles. The molecule has 0 radical (unpaired) electrons. The van der Waals surface area contributed by atoms with E-state index in [2.05, 4.69) is 28.8 Å². The number of nitrogens with zero attached hydrogens (tertiary/aromatic N) is 1. The van der Waals surface area contributed by atoms with Gasteiger partial charge in [-0.1, -0.05) is 60.7 Å². The van der Waals surface area contributed by atoms with Gasteiger partial charge in [-0.05, 0) is 53.3 Å². The summed E-state index contributed by atoms with van der Waals surface area (Å²) in [5.41, 5.74) is 5.02. The quantitative estimate of drug-likeness (QED) is 0.127. The molecule has 0 bridgehead atoms. The molecule has 0 spiro atoms. The van der Waals surface area contributed by atoms with Crippen molar-refractivity contribution in [2.75, 3.05) is 13.7 Å². The predicted molar refractivity (Wildman–Crippen MR) is 138 cm³/mol. The second-order valence-corrected chi connectivity index (χ2v) is 9.11. The Balaban J connectivity index is 1.71. The first-order valence-electron chi connectivity index (χ1n) is 11.7. The number of esters is 1. The van der Waals surface area contributed by atoms with Crippen molar-refractivity contribution in [1.29, 1.82) is 0 Å². The van der Waals surface area contributed by atoms with Crippen molar-refractivity contribution in [1.82, 2.24) is 4.57 Å². The third-order valence-corrected chi connectivity index (χ3v) is 6.64. The van der Waals surface area contributed by atoms with Gasteiger partial charge in [-0.3, -0.25) is 9.59 Å². The van der Waals surface area contributed by atoms with Crippen molar-refractivity contribution in [3.63, 3.8) is 0 Å². The van der Waals surface area contributed by atoms with Crippen LogP contribution in [-0.4, -0.2) is 35.3 Å². The fraction of sp³-hybridized carbons (Fsp3) is 0.207. The number of benzene rings is 3. The number of rotatable bonds is 9. The largest absolute Gasteiger partial charge is 0.481 e. The number of ether oxygens (including phenoxy) is 2. The topological polar surface area (TPSA) is 74.6 Å². The highest BCUT2D eigenvalue weighted by Crippen LogP contribution is 2.47. The van der Waals surface area contributed by atoms with Crippen LogP contribution in [0.15, 0.2) is 72.8 Å². The van der Waals surface area contributed by atoms with Crippen LogP contribution in [0.3, 0.4) is 0 Å². The minimum Gasteiger partial charge on any atom is -0.481 e. The molecule has 1 aromatic heterocycles. The highest BCUT2D eigenvalue weighted by Gasteiger charge is 2.37. The van der Waals surface area contributed by atoms with Gasteiger partial charge in [0.1, 0.15) is 5.75 Å². The van der Waals surface area contributed by atoms with Gasteiger partial charge < -0.3 is 14.0 Å². The van der Waals surface area contributed by atoms with E-state index in [-0.39, 0.29) is 18.1 Å². The fourth-order valence-corrected chi connectivity index (χ4v) is 4.81. The number of ketones is 1. The summed E-state index contributed by atoms with van der Waals surface area (Å²) < 4.78 is 12.5. The van der Waals surface area contributed by atoms with E-state index in [0.29, 0.717) is 17.7 Å². The van der Waals surface area contributed by atoms with Gasteiger partial charge in [-0.15, -0.1) is 0 Å². The number of methoxy groups -OCH3 is 1. The summed E-state index contributed by atoms with van der Waals surface area (Å²) in [6, 6.07) is 23.6. The highest BCUT2D eigenvalue weighted by molar-refractivity contribution is 6.83. The number of carbonyl (C=O) groups is 3. The second kappa shape index (κ2) is 9.99. The van der Waals surface area contributed by atoms with Crippen molar-refractivity contribution in [2.45, 2.75) is 25.3 Å². The van der Waals surface area contributed by atoms with Crippen LogP contribution in [0, 0.1) is 0 Å². The van der Waals surface area contributed by atoms with Crippen LogP contribution in [0.4, 0.5) is 0 Å². The molecule has 1 saturated carbocycles. The van der Waals surface area contributed by atoms with E-state index < -0.39 is 17.0 Å². The Bertz CT molecular complexity index is 1470. The molecule has 0 amide bonds. The van der Waals surface area contributed by atoms with E-state index in [9.17, 15) is 14.4 Å². The first kappa shape index (κ1) is 23.8. The van der Waals surface area contributed by atoms with Crippen molar-refractivity contribution < 1.29 is 23.9 Å². The average Bonchev–Trinajstić information content (AvgIpc) is 3.70. The van der Waals surface area contributed by atoms with Gasteiger partial charge in [0.2, 0.25) is 5.78 Å². The Morgan fingerprint density at radius 2 is 1.67 bits per heavy atom. The second-order valence-electron chi connectivity index (χ2n) is 8.76. The molecule has 1 aliphatic rings. The summed E-state index contributed by atoms with van der Waals surface area (Å²) in [4.78, 5) is 37.0. The molecule has 4 aromatic rings. The molecule has 5 rings (SSSR count). The van der Waals surface area contributed by atoms with Gasteiger partial charge in [0, 0.05) is 18.2 Å². The van der Waals surface area contributed by atoms with Crippen LogP contribution in [0.1, 0.15) is 40.4 Å². The van der Waals surface area contributed by atoms with Gasteiger partial charge in [-0.2, -0.15) is 0 Å². The van der Waals surface area contributed by atoms with Crippen LogP contribution in [0.5, 0.6) is 5.75 Å². The zero-order valence-corrected chi connectivity index (χ0v) is 20.5. The summed E-state index contributed by atoms with van der Waals surface area (Å²) >= 11 is 5.72. The first-order valence-corrected chi connectivity index (χ1v) is 12.1. The van der Waals surface area contributed by atoms with E-state index in [1.165, 1.54) is 7.11 Å². The Kier molecular flexibility index (Phi) is 6.61. The smallest absolute Gasteiger partial charge is 0.343 e. The Morgan fingerprint density at radius 3 is 2.36 bits per heavy atom. The van der Waals surface area contributed by atoms with E-state index >= 15 is 0 Å². The lowest BCUT2D eigenvalue weighted by Crippen LogP contribution is -2.14. The Labute approximate surface area is 213 Å². The molecule has 1 aliphatic carbocycles. The molecule has 1 fully saturated rings. The molecule has 36 heavy (non-hydrogen) atoms. The number of carbonyl (C=O) groups excluding carboxylic acids is 3. The maximum absolute atomic E-state index is 13.2. The maximum atomic E-state index is 13.2. The lowest BCUT2D eigenvalue weighted by molar-refractivity contribution is -0.142. The molecule has 6 nitrogen and oxygen atoms in total. The van der Waals surface area contributed by atoms with Crippen molar-refractivity contribution in [2.24, 2.45) is 0 Å². The van der Waals surface area contributed by atoms with Gasteiger partial charge >= 0.3 is 5.97 Å². The molecule has 0 unspecified atom stereocenters. The van der Waals surface area contributed by atoms with Gasteiger partial charge in [0.05, 0.1) is 23.6 Å². The minimum absolute atomic E-state index is 0.129. The van der Waals surface area contributed by atoms with Gasteiger partial charge in [0.15, 0.2) is 6.61 Å². The summed E-state index contributed by atoms with van der Waals surface area (Å²) in [7, 11) is 1.28.